The molecule has 9 nitrogen and oxygen atoms in total. The fourth-order valence-electron chi connectivity index (χ4n) is 7.62. The fourth-order valence-corrected chi connectivity index (χ4v) is 7.84. The van der Waals surface area contributed by atoms with Gasteiger partial charge in [0.05, 0.1) is 29.7 Å². The van der Waals surface area contributed by atoms with Gasteiger partial charge in [-0.05, 0) is 92.2 Å². The molecule has 1 N–H and O–H groups in total. The third-order valence-corrected chi connectivity index (χ3v) is 10.7. The second-order valence-electron chi connectivity index (χ2n) is 12.7. The summed E-state index contributed by atoms with van der Waals surface area (Å²) in [5.41, 5.74) is 3.57. The quantitative estimate of drug-likeness (QED) is 0.464. The van der Waals surface area contributed by atoms with Gasteiger partial charge in [-0.2, -0.15) is 5.10 Å². The van der Waals surface area contributed by atoms with E-state index in [4.69, 9.17) is 11.6 Å². The molecular weight excluding hydrogens is 564 g/mol. The summed E-state index contributed by atoms with van der Waals surface area (Å²) in [6, 6.07) is 12.9. The predicted octanol–water partition coefficient (Wildman–Crippen LogP) is 4.80. The number of carbonyl (C=O) groups is 3. The number of rotatable bonds is 4. The van der Waals surface area contributed by atoms with Gasteiger partial charge in [0.1, 0.15) is 12.2 Å². The Bertz CT molecular complexity index is 1550. The average molecular weight is 601 g/mol. The number of halogens is 1. The largest absolute Gasteiger partial charge is 0.345 e. The van der Waals surface area contributed by atoms with Crippen molar-refractivity contribution in [1.29, 1.82) is 0 Å². The standard InChI is InChI=1S/C33H37ClN6O3/c34-27-4-2-1-3-25(27)30(41)37-28-8-7-22-5-6-24(19-26(22)28)32(43)38-15-13-33(14-16-38)11-9-23(10-12-33)31(42)39-17-18-40-29(20-39)35-21-36-40/h1-6,19,21,23,28H,7-18,20H2,(H,37,41)/t28-/m1/s1. The molecule has 2 aliphatic carbocycles. The van der Waals surface area contributed by atoms with Crippen LogP contribution >= 0.6 is 11.6 Å². The number of hydrogen-bond donors (Lipinski definition) is 1. The van der Waals surface area contributed by atoms with E-state index < -0.39 is 0 Å². The van der Waals surface area contributed by atoms with Crippen molar-refractivity contribution in [3.8, 4) is 0 Å². The number of aromatic nitrogens is 3. The summed E-state index contributed by atoms with van der Waals surface area (Å²) >= 11 is 6.24. The highest BCUT2D eigenvalue weighted by atomic mass is 35.5. The monoisotopic (exact) mass is 600 g/mol. The maximum Gasteiger partial charge on any atom is 0.253 e. The van der Waals surface area contributed by atoms with Crippen LogP contribution in [0.1, 0.15) is 88.7 Å². The molecule has 0 unspecified atom stereocenters. The Morgan fingerprint density at radius 3 is 2.49 bits per heavy atom. The van der Waals surface area contributed by atoms with Crippen LogP contribution in [0.25, 0.3) is 0 Å². The first-order valence-corrected chi connectivity index (χ1v) is 15.9. The predicted molar refractivity (Wildman–Crippen MR) is 161 cm³/mol. The summed E-state index contributed by atoms with van der Waals surface area (Å²) in [6.07, 6.45) is 9.12. The van der Waals surface area contributed by atoms with Gasteiger partial charge in [0.25, 0.3) is 11.8 Å². The van der Waals surface area contributed by atoms with Gasteiger partial charge < -0.3 is 15.1 Å². The molecule has 224 valence electrons. The van der Waals surface area contributed by atoms with Crippen molar-refractivity contribution in [1.82, 2.24) is 29.9 Å². The summed E-state index contributed by atoms with van der Waals surface area (Å²) in [5, 5.41) is 7.78. The lowest BCUT2D eigenvalue weighted by Crippen LogP contribution is -2.47. The van der Waals surface area contributed by atoms with E-state index in [2.05, 4.69) is 15.4 Å². The van der Waals surface area contributed by atoms with Gasteiger partial charge in [0.2, 0.25) is 5.91 Å². The molecule has 43 heavy (non-hydrogen) atoms. The number of aryl methyl sites for hydroxylation is 1. The third kappa shape index (κ3) is 5.44. The van der Waals surface area contributed by atoms with Crippen LogP contribution < -0.4 is 5.32 Å². The molecule has 1 saturated heterocycles. The van der Waals surface area contributed by atoms with Crippen LogP contribution in [0.2, 0.25) is 5.02 Å². The number of nitrogens with zero attached hydrogens (tertiary/aromatic N) is 5. The first kappa shape index (κ1) is 28.1. The molecule has 1 atom stereocenters. The molecule has 3 heterocycles. The molecule has 0 bridgehead atoms. The van der Waals surface area contributed by atoms with E-state index in [1.807, 2.05) is 38.7 Å². The summed E-state index contributed by atoms with van der Waals surface area (Å²) in [7, 11) is 0. The first-order valence-electron chi connectivity index (χ1n) is 15.5. The van der Waals surface area contributed by atoms with Gasteiger partial charge in [-0.3, -0.25) is 14.4 Å². The van der Waals surface area contributed by atoms with Gasteiger partial charge in [0, 0.05) is 31.1 Å². The Hall–Kier alpha value is -3.72. The number of carbonyl (C=O) groups excluding carboxylic acids is 3. The van der Waals surface area contributed by atoms with Crippen molar-refractivity contribution in [3.63, 3.8) is 0 Å². The van der Waals surface area contributed by atoms with Crippen molar-refractivity contribution in [2.45, 2.75) is 70.5 Å². The van der Waals surface area contributed by atoms with Crippen molar-refractivity contribution < 1.29 is 14.4 Å². The number of fused-ring (bicyclic) bond motifs is 2. The molecule has 2 aromatic carbocycles. The zero-order chi connectivity index (χ0) is 29.6. The highest BCUT2D eigenvalue weighted by Gasteiger charge is 2.42. The molecule has 4 aliphatic rings. The second kappa shape index (κ2) is 11.4. The van der Waals surface area contributed by atoms with Crippen LogP contribution in [-0.4, -0.2) is 61.9 Å². The number of nitrogens with one attached hydrogen (secondary N) is 1. The molecular formula is C33H37ClN6O3. The van der Waals surface area contributed by atoms with E-state index in [9.17, 15) is 14.4 Å². The van der Waals surface area contributed by atoms with Crippen LogP contribution in [-0.2, 0) is 24.3 Å². The number of likely N-dealkylation sites (tertiary alicyclic amines) is 1. The van der Waals surface area contributed by atoms with E-state index in [1.165, 1.54) is 5.56 Å². The van der Waals surface area contributed by atoms with Gasteiger partial charge in [-0.1, -0.05) is 29.8 Å². The molecule has 3 aromatic rings. The lowest BCUT2D eigenvalue weighted by molar-refractivity contribution is -0.139. The maximum atomic E-state index is 13.6. The van der Waals surface area contributed by atoms with E-state index >= 15 is 0 Å². The minimum absolute atomic E-state index is 0.0579. The Labute approximate surface area is 256 Å². The molecule has 0 radical (unpaired) electrons. The summed E-state index contributed by atoms with van der Waals surface area (Å²) in [4.78, 5) is 48.1. The van der Waals surface area contributed by atoms with Gasteiger partial charge in [-0.15, -0.1) is 0 Å². The molecule has 7 rings (SSSR count). The first-order chi connectivity index (χ1) is 20.9. The van der Waals surface area contributed by atoms with E-state index in [0.717, 1.165) is 75.8 Å². The number of benzene rings is 2. The Morgan fingerprint density at radius 2 is 1.70 bits per heavy atom. The van der Waals surface area contributed by atoms with Crippen molar-refractivity contribution in [2.24, 2.45) is 11.3 Å². The van der Waals surface area contributed by atoms with Crippen LogP contribution in [0.5, 0.6) is 0 Å². The smallest absolute Gasteiger partial charge is 0.253 e. The average Bonchev–Trinajstić information content (AvgIpc) is 3.67. The number of amides is 3. The lowest BCUT2D eigenvalue weighted by Gasteiger charge is -2.46. The minimum Gasteiger partial charge on any atom is -0.345 e. The van der Waals surface area contributed by atoms with Crippen molar-refractivity contribution in [2.75, 3.05) is 19.6 Å². The molecule has 10 heteroatoms. The van der Waals surface area contributed by atoms with Crippen LogP contribution in [0.3, 0.4) is 0 Å². The van der Waals surface area contributed by atoms with Gasteiger partial charge in [0.15, 0.2) is 0 Å². The lowest BCUT2D eigenvalue weighted by atomic mass is 9.65. The Morgan fingerprint density at radius 1 is 0.907 bits per heavy atom. The maximum absolute atomic E-state index is 13.6. The molecule has 2 aliphatic heterocycles. The highest BCUT2D eigenvalue weighted by Crippen LogP contribution is 2.47. The zero-order valence-corrected chi connectivity index (χ0v) is 25.1. The molecule has 1 saturated carbocycles. The Kier molecular flexibility index (Phi) is 7.45. The summed E-state index contributed by atoms with van der Waals surface area (Å²) in [6.45, 7) is 3.44. The van der Waals surface area contributed by atoms with Crippen LogP contribution in [0.15, 0.2) is 48.8 Å². The van der Waals surface area contributed by atoms with Gasteiger partial charge >= 0.3 is 0 Å². The van der Waals surface area contributed by atoms with E-state index in [1.54, 1.807) is 24.5 Å². The summed E-state index contributed by atoms with van der Waals surface area (Å²) in [5.74, 6) is 1.07. The normalized spacial score (nSPS) is 21.4. The summed E-state index contributed by atoms with van der Waals surface area (Å²) < 4.78 is 1.88. The van der Waals surface area contributed by atoms with Crippen molar-refractivity contribution >= 4 is 29.3 Å². The second-order valence-corrected chi connectivity index (χ2v) is 13.1. The molecule has 3 amide bonds. The molecule has 2 fully saturated rings. The topological polar surface area (TPSA) is 100 Å². The Balaban J connectivity index is 0.939. The SMILES string of the molecule is O=C(N[C@@H]1CCc2ccc(C(=O)N3CCC4(CCC(C(=O)N5CCn6ncnc6C5)CC4)CC3)cc21)c1ccccc1Cl. The molecule has 1 aromatic heterocycles. The third-order valence-electron chi connectivity index (χ3n) is 10.3. The number of hydrogen-bond acceptors (Lipinski definition) is 5. The number of piperidine rings is 1. The van der Waals surface area contributed by atoms with Crippen molar-refractivity contribution in [3.05, 3.63) is 81.9 Å². The van der Waals surface area contributed by atoms with Gasteiger partial charge in [-0.25, -0.2) is 9.67 Å². The minimum atomic E-state index is -0.196. The fraction of sp³-hybridized carbons (Fsp3) is 0.485. The zero-order valence-electron chi connectivity index (χ0n) is 24.3. The van der Waals surface area contributed by atoms with E-state index in [0.29, 0.717) is 35.8 Å². The molecule has 1 spiro atoms. The highest BCUT2D eigenvalue weighted by molar-refractivity contribution is 6.33. The van der Waals surface area contributed by atoms with Crippen LogP contribution in [0, 0.1) is 11.3 Å². The van der Waals surface area contributed by atoms with E-state index in [-0.39, 0.29) is 35.1 Å². The van der Waals surface area contributed by atoms with Crippen LogP contribution in [0.4, 0.5) is 0 Å².